The number of allylic oxidation sites excluding steroid dienone is 7. The van der Waals surface area contributed by atoms with Gasteiger partial charge in [0.1, 0.15) is 6.61 Å². The molecule has 0 rings (SSSR count). The van der Waals surface area contributed by atoms with Crippen molar-refractivity contribution in [2.45, 2.75) is 144 Å². The predicted octanol–water partition coefficient (Wildman–Crippen LogP) is 10.6. The Kier molecular flexibility index (Phi) is 22.1. The second-order valence-electron chi connectivity index (χ2n) is 10.3. The molecule has 0 N–H and O–H groups in total. The summed E-state index contributed by atoms with van der Waals surface area (Å²) in [6.07, 6.45) is 27.8. The molecule has 0 fully saturated rings. The Hall–Kier alpha value is -1.57. The third kappa shape index (κ3) is 23.6. The van der Waals surface area contributed by atoms with Gasteiger partial charge in [0.25, 0.3) is 0 Å². The van der Waals surface area contributed by atoms with Crippen LogP contribution in [0.2, 0.25) is 0 Å². The Morgan fingerprint density at radius 1 is 0.559 bits per heavy atom. The van der Waals surface area contributed by atoms with Crippen LogP contribution in [0, 0.1) is 0 Å². The molecule has 0 spiro atoms. The van der Waals surface area contributed by atoms with E-state index in [0.717, 1.165) is 44.9 Å². The van der Waals surface area contributed by atoms with Crippen LogP contribution in [0.15, 0.2) is 46.6 Å². The van der Waals surface area contributed by atoms with Gasteiger partial charge in [-0.15, -0.1) is 0 Å². The zero-order valence-electron chi connectivity index (χ0n) is 23.6. The molecule has 0 aliphatic carbocycles. The van der Waals surface area contributed by atoms with E-state index in [1.54, 1.807) is 0 Å². The van der Waals surface area contributed by atoms with E-state index >= 15 is 0 Å². The van der Waals surface area contributed by atoms with E-state index in [-0.39, 0.29) is 5.97 Å². The number of carbonyl (C=O) groups is 1. The second kappa shape index (κ2) is 23.2. The van der Waals surface area contributed by atoms with Crippen molar-refractivity contribution in [3.8, 4) is 0 Å². The Labute approximate surface area is 213 Å². The first-order valence-electron chi connectivity index (χ1n) is 14.1. The monoisotopic (exact) mass is 472 g/mol. The molecule has 2 heteroatoms. The summed E-state index contributed by atoms with van der Waals surface area (Å²) in [6, 6.07) is 0. The van der Waals surface area contributed by atoms with Crippen molar-refractivity contribution >= 4 is 5.97 Å². The van der Waals surface area contributed by atoms with Gasteiger partial charge in [0, 0.05) is 6.42 Å². The minimum absolute atomic E-state index is 0.0491. The molecular formula is C32H56O2. The molecule has 0 aliphatic heterocycles. The molecule has 0 aliphatic rings. The number of esters is 1. The largest absolute Gasteiger partial charge is 0.461 e. The predicted molar refractivity (Wildman–Crippen MR) is 151 cm³/mol. The molecule has 2 nitrogen and oxygen atoms in total. The van der Waals surface area contributed by atoms with Crippen LogP contribution in [0.3, 0.4) is 0 Å². The maximum absolute atomic E-state index is 11.9. The van der Waals surface area contributed by atoms with E-state index in [2.05, 4.69) is 65.8 Å². The fourth-order valence-electron chi connectivity index (χ4n) is 3.92. The van der Waals surface area contributed by atoms with E-state index in [1.165, 1.54) is 73.7 Å². The van der Waals surface area contributed by atoms with Crippen LogP contribution in [0.4, 0.5) is 0 Å². The fraction of sp³-hybridized carbons (Fsp3) is 0.719. The van der Waals surface area contributed by atoms with E-state index in [9.17, 15) is 4.79 Å². The average Bonchev–Trinajstić information content (AvgIpc) is 2.77. The first kappa shape index (κ1) is 32.4. The molecule has 0 saturated carbocycles. The van der Waals surface area contributed by atoms with Gasteiger partial charge in [-0.05, 0) is 85.6 Å². The van der Waals surface area contributed by atoms with Crippen LogP contribution in [0.1, 0.15) is 144 Å². The Morgan fingerprint density at radius 2 is 1.00 bits per heavy atom. The van der Waals surface area contributed by atoms with Gasteiger partial charge >= 0.3 is 5.97 Å². The normalized spacial score (nSPS) is 12.7. The standard InChI is InChI=1S/C32H56O2/c1-7-8-9-10-11-12-13-14-15-25-32(33)34-27-26-31(6)24-18-23-30(5)22-17-21-29(4)20-16-19-28(2)3/h19,21,23,26H,7-18,20,22,24-25,27H2,1-6H3/b29-21+,30-23?,31-26+. The summed E-state index contributed by atoms with van der Waals surface area (Å²) in [4.78, 5) is 11.9. The first-order chi connectivity index (χ1) is 16.3. The molecule has 34 heavy (non-hydrogen) atoms. The highest BCUT2D eigenvalue weighted by atomic mass is 16.5. The molecular weight excluding hydrogens is 416 g/mol. The van der Waals surface area contributed by atoms with Gasteiger partial charge in [0.15, 0.2) is 0 Å². The Bertz CT molecular complexity index is 629. The minimum atomic E-state index is -0.0491. The summed E-state index contributed by atoms with van der Waals surface area (Å²) >= 11 is 0. The quantitative estimate of drug-likeness (QED) is 0.0943. The van der Waals surface area contributed by atoms with E-state index < -0.39 is 0 Å². The zero-order valence-corrected chi connectivity index (χ0v) is 23.6. The first-order valence-corrected chi connectivity index (χ1v) is 14.1. The zero-order chi connectivity index (χ0) is 25.4. The molecule has 0 aromatic heterocycles. The number of hydrogen-bond acceptors (Lipinski definition) is 2. The molecule has 0 amide bonds. The molecule has 0 bridgehead atoms. The molecule has 0 aromatic carbocycles. The van der Waals surface area contributed by atoms with Gasteiger partial charge in [0.05, 0.1) is 0 Å². The molecule has 196 valence electrons. The van der Waals surface area contributed by atoms with E-state index in [1.807, 2.05) is 0 Å². The van der Waals surface area contributed by atoms with Crippen molar-refractivity contribution in [2.75, 3.05) is 6.61 Å². The van der Waals surface area contributed by atoms with Gasteiger partial charge in [0.2, 0.25) is 0 Å². The van der Waals surface area contributed by atoms with Crippen molar-refractivity contribution in [2.24, 2.45) is 0 Å². The van der Waals surface area contributed by atoms with E-state index in [4.69, 9.17) is 4.74 Å². The summed E-state index contributed by atoms with van der Waals surface area (Å²) in [5.74, 6) is -0.0491. The molecule has 0 saturated heterocycles. The lowest BCUT2D eigenvalue weighted by Gasteiger charge is -2.05. The average molecular weight is 473 g/mol. The lowest BCUT2D eigenvalue weighted by Crippen LogP contribution is -2.04. The van der Waals surface area contributed by atoms with Crippen molar-refractivity contribution in [1.82, 2.24) is 0 Å². The lowest BCUT2D eigenvalue weighted by atomic mass is 10.0. The SMILES string of the molecule is CCCCCCCCCCCC(=O)OC/C=C(\C)CCC=C(C)CC/C=C(\C)CCC=C(C)C. The summed E-state index contributed by atoms with van der Waals surface area (Å²) in [6.45, 7) is 13.6. The third-order valence-electron chi connectivity index (χ3n) is 6.31. The minimum Gasteiger partial charge on any atom is -0.461 e. The topological polar surface area (TPSA) is 26.3 Å². The lowest BCUT2D eigenvalue weighted by molar-refractivity contribution is -0.142. The van der Waals surface area contributed by atoms with Crippen molar-refractivity contribution in [1.29, 1.82) is 0 Å². The number of carbonyl (C=O) groups excluding carboxylic acids is 1. The number of hydrogen-bond donors (Lipinski definition) is 0. The van der Waals surface area contributed by atoms with Crippen LogP contribution in [0.25, 0.3) is 0 Å². The van der Waals surface area contributed by atoms with E-state index in [0.29, 0.717) is 13.0 Å². The van der Waals surface area contributed by atoms with Crippen molar-refractivity contribution < 1.29 is 9.53 Å². The molecule has 0 aromatic rings. The van der Waals surface area contributed by atoms with Crippen LogP contribution < -0.4 is 0 Å². The summed E-state index contributed by atoms with van der Waals surface area (Å²) < 4.78 is 5.39. The summed E-state index contributed by atoms with van der Waals surface area (Å²) in [7, 11) is 0. The van der Waals surface area contributed by atoms with Gasteiger partial charge in [-0.1, -0.05) is 98.8 Å². The van der Waals surface area contributed by atoms with Crippen LogP contribution in [-0.2, 0) is 9.53 Å². The molecule has 0 atom stereocenters. The van der Waals surface area contributed by atoms with Crippen LogP contribution in [0.5, 0.6) is 0 Å². The Balaban J connectivity index is 3.82. The summed E-state index contributed by atoms with van der Waals surface area (Å²) in [5.41, 5.74) is 5.67. The fourth-order valence-corrected chi connectivity index (χ4v) is 3.92. The van der Waals surface area contributed by atoms with Gasteiger partial charge < -0.3 is 4.74 Å². The third-order valence-corrected chi connectivity index (χ3v) is 6.31. The van der Waals surface area contributed by atoms with Gasteiger partial charge in [-0.3, -0.25) is 4.79 Å². The smallest absolute Gasteiger partial charge is 0.306 e. The summed E-state index contributed by atoms with van der Waals surface area (Å²) in [5, 5.41) is 0. The van der Waals surface area contributed by atoms with Crippen LogP contribution in [-0.4, -0.2) is 12.6 Å². The maximum atomic E-state index is 11.9. The highest BCUT2D eigenvalue weighted by Gasteiger charge is 2.02. The molecule has 0 radical (unpaired) electrons. The molecule has 0 unspecified atom stereocenters. The maximum Gasteiger partial charge on any atom is 0.306 e. The molecule has 0 heterocycles. The van der Waals surface area contributed by atoms with Gasteiger partial charge in [-0.2, -0.15) is 0 Å². The van der Waals surface area contributed by atoms with Crippen molar-refractivity contribution in [3.63, 3.8) is 0 Å². The number of rotatable bonds is 21. The van der Waals surface area contributed by atoms with Crippen LogP contribution >= 0.6 is 0 Å². The highest BCUT2D eigenvalue weighted by molar-refractivity contribution is 5.69. The number of unbranched alkanes of at least 4 members (excludes halogenated alkanes) is 8. The van der Waals surface area contributed by atoms with Gasteiger partial charge in [-0.25, -0.2) is 0 Å². The van der Waals surface area contributed by atoms with Crippen molar-refractivity contribution in [3.05, 3.63) is 46.6 Å². The number of ether oxygens (including phenoxy) is 1. The Morgan fingerprint density at radius 3 is 1.50 bits per heavy atom. The second-order valence-corrected chi connectivity index (χ2v) is 10.3. The highest BCUT2D eigenvalue weighted by Crippen LogP contribution is 2.14.